The monoisotopic (exact) mass is 293 g/mol. The first kappa shape index (κ1) is 15.4. The fourth-order valence-corrected chi connectivity index (χ4v) is 2.27. The minimum Gasteiger partial charge on any atom is -0.435 e. The summed E-state index contributed by atoms with van der Waals surface area (Å²) in [6, 6.07) is 3.46. The Labute approximate surface area is 124 Å². The van der Waals surface area contributed by atoms with Gasteiger partial charge >= 0.3 is 0 Å². The Morgan fingerprint density at radius 3 is 2.71 bits per heavy atom. The first-order valence-corrected chi connectivity index (χ1v) is 7.60. The van der Waals surface area contributed by atoms with Crippen LogP contribution in [0.5, 0.6) is 0 Å². The minimum atomic E-state index is -0.355. The number of nitrogens with zero attached hydrogens (tertiary/aromatic N) is 1. The summed E-state index contributed by atoms with van der Waals surface area (Å²) in [5.74, 6) is 0.442. The molecule has 2 heterocycles. The molecule has 0 spiro atoms. The zero-order chi connectivity index (χ0) is 15.1. The van der Waals surface area contributed by atoms with Crippen molar-refractivity contribution < 1.29 is 14.0 Å². The molecule has 2 amide bonds. The van der Waals surface area contributed by atoms with Gasteiger partial charge in [-0.15, -0.1) is 0 Å². The van der Waals surface area contributed by atoms with Crippen molar-refractivity contribution in [1.29, 1.82) is 0 Å². The summed E-state index contributed by atoms with van der Waals surface area (Å²) in [6.07, 6.45) is 4.27. The molecular weight excluding hydrogens is 270 g/mol. The molecule has 0 atom stereocenters. The molecule has 0 bridgehead atoms. The number of hydrogen-bond acceptors (Lipinski definition) is 4. The molecule has 2 rings (SSSR count). The number of anilines is 1. The predicted molar refractivity (Wildman–Crippen MR) is 80.4 cm³/mol. The van der Waals surface area contributed by atoms with Crippen LogP contribution in [0.15, 0.2) is 16.5 Å². The van der Waals surface area contributed by atoms with Crippen LogP contribution in [0, 0.1) is 0 Å². The summed E-state index contributed by atoms with van der Waals surface area (Å²) in [5, 5.41) is 5.31. The van der Waals surface area contributed by atoms with Crippen molar-refractivity contribution in [3.05, 3.63) is 17.9 Å². The molecule has 6 heteroatoms. The molecule has 0 aliphatic carbocycles. The molecule has 1 aliphatic rings. The van der Waals surface area contributed by atoms with Crippen LogP contribution in [-0.2, 0) is 4.79 Å². The van der Waals surface area contributed by atoms with E-state index in [9.17, 15) is 9.59 Å². The molecule has 1 aromatic heterocycles. The topological polar surface area (TPSA) is 74.6 Å². The molecule has 0 saturated carbocycles. The van der Waals surface area contributed by atoms with Crippen molar-refractivity contribution in [2.24, 2.45) is 0 Å². The Bertz CT molecular complexity index is 478. The largest absolute Gasteiger partial charge is 0.435 e. The summed E-state index contributed by atoms with van der Waals surface area (Å²) in [6.45, 7) is 4.61. The summed E-state index contributed by atoms with van der Waals surface area (Å²) in [5.41, 5.74) is 0. The smallest absolute Gasteiger partial charge is 0.287 e. The van der Waals surface area contributed by atoms with Crippen LogP contribution >= 0.6 is 0 Å². The molecular formula is C15H23N3O3. The third-order valence-corrected chi connectivity index (χ3v) is 3.50. The number of nitrogens with one attached hydrogen (secondary N) is 2. The molecule has 1 aromatic rings. The third kappa shape index (κ3) is 4.51. The van der Waals surface area contributed by atoms with Gasteiger partial charge in [0.15, 0.2) is 11.6 Å². The van der Waals surface area contributed by atoms with Gasteiger partial charge in [-0.1, -0.05) is 13.3 Å². The third-order valence-electron chi connectivity index (χ3n) is 3.50. The van der Waals surface area contributed by atoms with Gasteiger partial charge in [-0.2, -0.15) is 0 Å². The van der Waals surface area contributed by atoms with Crippen LogP contribution in [0.2, 0.25) is 0 Å². The van der Waals surface area contributed by atoms with Crippen LogP contribution in [-0.4, -0.2) is 38.0 Å². The van der Waals surface area contributed by atoms with Crippen molar-refractivity contribution in [3.8, 4) is 0 Å². The van der Waals surface area contributed by atoms with Crippen LogP contribution in [0.1, 0.15) is 43.2 Å². The summed E-state index contributed by atoms with van der Waals surface area (Å²) >= 11 is 0. The molecule has 1 aliphatic heterocycles. The molecule has 2 N–H and O–H groups in total. The highest BCUT2D eigenvalue weighted by atomic mass is 16.4. The maximum atomic E-state index is 11.9. The maximum absolute atomic E-state index is 11.9. The maximum Gasteiger partial charge on any atom is 0.287 e. The predicted octanol–water partition coefficient (Wildman–Crippen LogP) is 1.53. The average molecular weight is 293 g/mol. The summed E-state index contributed by atoms with van der Waals surface area (Å²) in [7, 11) is 0. The number of amides is 2. The van der Waals surface area contributed by atoms with E-state index in [2.05, 4.69) is 22.5 Å². The Morgan fingerprint density at radius 1 is 1.24 bits per heavy atom. The summed E-state index contributed by atoms with van der Waals surface area (Å²) in [4.78, 5) is 25.5. The highest BCUT2D eigenvalue weighted by Crippen LogP contribution is 2.22. The van der Waals surface area contributed by atoms with E-state index in [1.54, 1.807) is 6.07 Å². The Kier molecular flexibility index (Phi) is 5.66. The number of rotatable bonds is 7. The van der Waals surface area contributed by atoms with Gasteiger partial charge < -0.3 is 20.0 Å². The minimum absolute atomic E-state index is 0.0255. The van der Waals surface area contributed by atoms with E-state index in [1.807, 2.05) is 6.07 Å². The van der Waals surface area contributed by atoms with Crippen LogP contribution in [0.25, 0.3) is 0 Å². The van der Waals surface area contributed by atoms with E-state index in [0.717, 1.165) is 44.7 Å². The second-order valence-electron chi connectivity index (χ2n) is 5.22. The highest BCUT2D eigenvalue weighted by molar-refractivity contribution is 5.94. The van der Waals surface area contributed by atoms with E-state index < -0.39 is 0 Å². The fourth-order valence-electron chi connectivity index (χ4n) is 2.27. The van der Waals surface area contributed by atoms with E-state index >= 15 is 0 Å². The van der Waals surface area contributed by atoms with E-state index in [4.69, 9.17) is 4.42 Å². The number of hydrogen-bond donors (Lipinski definition) is 2. The van der Waals surface area contributed by atoms with Crippen molar-refractivity contribution in [2.75, 3.05) is 31.1 Å². The number of carbonyl (C=O) groups excluding carboxylic acids is 2. The molecule has 0 aromatic carbocycles. The van der Waals surface area contributed by atoms with E-state index in [-0.39, 0.29) is 24.1 Å². The van der Waals surface area contributed by atoms with Crippen molar-refractivity contribution in [3.63, 3.8) is 0 Å². The number of carbonyl (C=O) groups is 2. The Balaban J connectivity index is 1.76. The van der Waals surface area contributed by atoms with Gasteiger partial charge in [0, 0.05) is 25.7 Å². The van der Waals surface area contributed by atoms with Crippen molar-refractivity contribution >= 4 is 17.7 Å². The zero-order valence-corrected chi connectivity index (χ0v) is 12.5. The molecule has 1 saturated heterocycles. The molecule has 1 fully saturated rings. The van der Waals surface area contributed by atoms with Gasteiger partial charge in [0.25, 0.3) is 5.91 Å². The van der Waals surface area contributed by atoms with E-state index in [0.29, 0.717) is 6.54 Å². The molecule has 0 radical (unpaired) electrons. The van der Waals surface area contributed by atoms with Crippen molar-refractivity contribution in [1.82, 2.24) is 10.6 Å². The van der Waals surface area contributed by atoms with Crippen LogP contribution in [0.3, 0.4) is 0 Å². The summed E-state index contributed by atoms with van der Waals surface area (Å²) < 4.78 is 5.54. The lowest BCUT2D eigenvalue weighted by Crippen LogP contribution is -2.37. The molecule has 116 valence electrons. The van der Waals surface area contributed by atoms with Gasteiger partial charge in [-0.3, -0.25) is 9.59 Å². The lowest BCUT2D eigenvalue weighted by molar-refractivity contribution is -0.120. The van der Waals surface area contributed by atoms with Crippen molar-refractivity contribution in [2.45, 2.75) is 32.6 Å². The Hall–Kier alpha value is -1.98. The standard InChI is InChI=1S/C15H23N3O3/c1-2-3-8-16-13(19)11-17-15(20)12-6-7-14(21-12)18-9-4-5-10-18/h6-7H,2-5,8-11H2,1H3,(H,16,19)(H,17,20). The van der Waals surface area contributed by atoms with Gasteiger partial charge in [-0.05, 0) is 25.3 Å². The normalized spacial score (nSPS) is 14.2. The van der Waals surface area contributed by atoms with Gasteiger partial charge in [0.05, 0.1) is 6.54 Å². The zero-order valence-electron chi connectivity index (χ0n) is 12.5. The molecule has 0 unspecified atom stereocenters. The Morgan fingerprint density at radius 2 is 2.00 bits per heavy atom. The van der Waals surface area contributed by atoms with Crippen LogP contribution in [0.4, 0.5) is 5.88 Å². The number of unbranched alkanes of at least 4 members (excludes halogenated alkanes) is 1. The first-order valence-electron chi connectivity index (χ1n) is 7.60. The number of furan rings is 1. The highest BCUT2D eigenvalue weighted by Gasteiger charge is 2.18. The van der Waals surface area contributed by atoms with Gasteiger partial charge in [0.2, 0.25) is 5.91 Å². The second-order valence-corrected chi connectivity index (χ2v) is 5.22. The lowest BCUT2D eigenvalue weighted by Gasteiger charge is -2.12. The van der Waals surface area contributed by atoms with E-state index in [1.165, 1.54) is 0 Å². The second kappa shape index (κ2) is 7.71. The van der Waals surface area contributed by atoms with Gasteiger partial charge in [-0.25, -0.2) is 0 Å². The molecule has 6 nitrogen and oxygen atoms in total. The molecule has 21 heavy (non-hydrogen) atoms. The lowest BCUT2D eigenvalue weighted by atomic mass is 10.3. The SMILES string of the molecule is CCCCNC(=O)CNC(=O)c1ccc(N2CCCC2)o1. The first-order chi connectivity index (χ1) is 10.2. The van der Waals surface area contributed by atoms with Gasteiger partial charge in [0.1, 0.15) is 0 Å². The fraction of sp³-hybridized carbons (Fsp3) is 0.600. The van der Waals surface area contributed by atoms with Crippen LogP contribution < -0.4 is 15.5 Å². The average Bonchev–Trinajstić information content (AvgIpc) is 3.15. The quantitative estimate of drug-likeness (QED) is 0.748.